The molecule has 1 N–H and O–H groups in total. The van der Waals surface area contributed by atoms with Gasteiger partial charge in [-0.05, 0) is 38.8 Å². The van der Waals surface area contributed by atoms with Crippen molar-refractivity contribution >= 4 is 5.97 Å². The monoisotopic (exact) mass is 249 g/mol. The largest absolute Gasteiger partial charge is 0.466 e. The number of rotatable bonds is 6. The Hall–Kier alpha value is -1.35. The molecule has 1 unspecified atom stereocenters. The SMILES string of the molecule is CCOC(=O)CCNC(C)c1cc(C)ccc1C. The number of hydrogen-bond acceptors (Lipinski definition) is 3. The van der Waals surface area contributed by atoms with Crippen LogP contribution in [-0.2, 0) is 9.53 Å². The third-order valence-electron chi connectivity index (χ3n) is 2.99. The molecule has 0 fully saturated rings. The fourth-order valence-electron chi connectivity index (χ4n) is 1.96. The number of aryl methyl sites for hydroxylation is 2. The smallest absolute Gasteiger partial charge is 0.307 e. The fourth-order valence-corrected chi connectivity index (χ4v) is 1.96. The summed E-state index contributed by atoms with van der Waals surface area (Å²) >= 11 is 0. The zero-order chi connectivity index (χ0) is 13.5. The van der Waals surface area contributed by atoms with E-state index in [-0.39, 0.29) is 12.0 Å². The van der Waals surface area contributed by atoms with E-state index in [1.54, 1.807) is 0 Å². The first-order valence-electron chi connectivity index (χ1n) is 6.50. The van der Waals surface area contributed by atoms with Crippen LogP contribution in [0.1, 0.15) is 43.0 Å². The molecule has 0 bridgehead atoms. The molecule has 0 aliphatic carbocycles. The molecule has 0 amide bonds. The maximum Gasteiger partial charge on any atom is 0.307 e. The van der Waals surface area contributed by atoms with Gasteiger partial charge in [0, 0.05) is 12.6 Å². The van der Waals surface area contributed by atoms with Gasteiger partial charge < -0.3 is 10.1 Å². The fraction of sp³-hybridized carbons (Fsp3) is 0.533. The zero-order valence-electron chi connectivity index (χ0n) is 11.7. The lowest BCUT2D eigenvalue weighted by Crippen LogP contribution is -2.23. The van der Waals surface area contributed by atoms with Gasteiger partial charge in [-0.15, -0.1) is 0 Å². The molecule has 0 aliphatic rings. The Morgan fingerprint density at radius 1 is 1.39 bits per heavy atom. The molecule has 1 rings (SSSR count). The van der Waals surface area contributed by atoms with Crippen molar-refractivity contribution in [2.75, 3.05) is 13.2 Å². The van der Waals surface area contributed by atoms with Crippen molar-refractivity contribution in [2.24, 2.45) is 0 Å². The Kier molecular flexibility index (Phi) is 5.86. The Bertz CT molecular complexity index is 401. The lowest BCUT2D eigenvalue weighted by atomic mass is 10.00. The molecule has 0 aromatic heterocycles. The second-order valence-corrected chi connectivity index (χ2v) is 4.59. The summed E-state index contributed by atoms with van der Waals surface area (Å²) in [6.45, 7) is 9.24. The van der Waals surface area contributed by atoms with Crippen LogP contribution in [0.25, 0.3) is 0 Å². The van der Waals surface area contributed by atoms with Crippen LogP contribution in [-0.4, -0.2) is 19.1 Å². The van der Waals surface area contributed by atoms with Gasteiger partial charge in [0.05, 0.1) is 13.0 Å². The van der Waals surface area contributed by atoms with Crippen LogP contribution in [0.2, 0.25) is 0 Å². The molecule has 3 nitrogen and oxygen atoms in total. The lowest BCUT2D eigenvalue weighted by Gasteiger charge is -2.17. The molecule has 3 heteroatoms. The van der Waals surface area contributed by atoms with E-state index in [1.165, 1.54) is 16.7 Å². The van der Waals surface area contributed by atoms with Crippen LogP contribution < -0.4 is 5.32 Å². The number of ether oxygens (including phenoxy) is 1. The summed E-state index contributed by atoms with van der Waals surface area (Å²) in [5, 5.41) is 3.36. The second-order valence-electron chi connectivity index (χ2n) is 4.59. The van der Waals surface area contributed by atoms with Gasteiger partial charge >= 0.3 is 5.97 Å². The zero-order valence-corrected chi connectivity index (χ0v) is 11.7. The number of esters is 1. The van der Waals surface area contributed by atoms with Crippen molar-refractivity contribution in [3.8, 4) is 0 Å². The predicted octanol–water partition coefficient (Wildman–Crippen LogP) is 2.91. The average Bonchev–Trinajstić information content (AvgIpc) is 2.32. The molecule has 100 valence electrons. The van der Waals surface area contributed by atoms with E-state index in [0.717, 1.165) is 0 Å². The highest BCUT2D eigenvalue weighted by atomic mass is 16.5. The standard InChI is InChI=1S/C15H23NO2/c1-5-18-15(17)8-9-16-13(4)14-10-11(2)6-7-12(14)3/h6-7,10,13,16H,5,8-9H2,1-4H3. The van der Waals surface area contributed by atoms with Gasteiger partial charge in [-0.2, -0.15) is 0 Å². The summed E-state index contributed by atoms with van der Waals surface area (Å²) in [5.41, 5.74) is 3.82. The highest BCUT2D eigenvalue weighted by molar-refractivity contribution is 5.69. The van der Waals surface area contributed by atoms with Crippen LogP contribution in [0.3, 0.4) is 0 Å². The van der Waals surface area contributed by atoms with Crippen LogP contribution >= 0.6 is 0 Å². The quantitative estimate of drug-likeness (QED) is 0.788. The summed E-state index contributed by atoms with van der Waals surface area (Å²) < 4.78 is 4.89. The molecule has 1 aromatic carbocycles. The van der Waals surface area contributed by atoms with Gasteiger partial charge in [-0.1, -0.05) is 23.8 Å². The number of carbonyl (C=O) groups excluding carboxylic acids is 1. The molecule has 0 radical (unpaired) electrons. The average molecular weight is 249 g/mol. The Morgan fingerprint density at radius 2 is 2.11 bits per heavy atom. The highest BCUT2D eigenvalue weighted by Crippen LogP contribution is 2.18. The third kappa shape index (κ3) is 4.49. The van der Waals surface area contributed by atoms with E-state index in [1.807, 2.05) is 6.92 Å². The molecule has 1 atom stereocenters. The van der Waals surface area contributed by atoms with Crippen molar-refractivity contribution < 1.29 is 9.53 Å². The normalized spacial score (nSPS) is 12.2. The topological polar surface area (TPSA) is 38.3 Å². The van der Waals surface area contributed by atoms with Crippen molar-refractivity contribution in [3.63, 3.8) is 0 Å². The molecule has 0 heterocycles. The van der Waals surface area contributed by atoms with Gasteiger partial charge in [0.15, 0.2) is 0 Å². The second kappa shape index (κ2) is 7.17. The summed E-state index contributed by atoms with van der Waals surface area (Å²) in [4.78, 5) is 11.2. The van der Waals surface area contributed by atoms with Crippen LogP contribution in [0.5, 0.6) is 0 Å². The molecular weight excluding hydrogens is 226 g/mol. The van der Waals surface area contributed by atoms with Gasteiger partial charge in [0.1, 0.15) is 0 Å². The molecule has 0 saturated carbocycles. The minimum Gasteiger partial charge on any atom is -0.466 e. The van der Waals surface area contributed by atoms with Crippen molar-refractivity contribution in [1.29, 1.82) is 0 Å². The van der Waals surface area contributed by atoms with E-state index in [9.17, 15) is 4.79 Å². The maximum absolute atomic E-state index is 11.2. The lowest BCUT2D eigenvalue weighted by molar-refractivity contribution is -0.143. The van der Waals surface area contributed by atoms with Gasteiger partial charge in [-0.3, -0.25) is 4.79 Å². The van der Waals surface area contributed by atoms with E-state index in [0.29, 0.717) is 19.6 Å². The van der Waals surface area contributed by atoms with Gasteiger partial charge in [0.25, 0.3) is 0 Å². The van der Waals surface area contributed by atoms with Crippen molar-refractivity contribution in [2.45, 2.75) is 40.2 Å². The first kappa shape index (κ1) is 14.7. The molecule has 0 spiro atoms. The number of carbonyl (C=O) groups is 1. The molecule has 18 heavy (non-hydrogen) atoms. The van der Waals surface area contributed by atoms with Gasteiger partial charge in [0.2, 0.25) is 0 Å². The van der Waals surface area contributed by atoms with E-state index in [4.69, 9.17) is 4.74 Å². The van der Waals surface area contributed by atoms with E-state index in [2.05, 4.69) is 44.3 Å². The number of benzene rings is 1. The van der Waals surface area contributed by atoms with Crippen LogP contribution in [0, 0.1) is 13.8 Å². The number of hydrogen-bond donors (Lipinski definition) is 1. The van der Waals surface area contributed by atoms with Crippen molar-refractivity contribution in [1.82, 2.24) is 5.32 Å². The minimum absolute atomic E-state index is 0.141. The summed E-state index contributed by atoms with van der Waals surface area (Å²) in [5.74, 6) is -0.141. The van der Waals surface area contributed by atoms with Crippen LogP contribution in [0.4, 0.5) is 0 Å². The number of nitrogens with one attached hydrogen (secondary N) is 1. The van der Waals surface area contributed by atoms with E-state index < -0.39 is 0 Å². The molecule has 1 aromatic rings. The third-order valence-corrected chi connectivity index (χ3v) is 2.99. The van der Waals surface area contributed by atoms with Crippen LogP contribution in [0.15, 0.2) is 18.2 Å². The minimum atomic E-state index is -0.141. The van der Waals surface area contributed by atoms with E-state index >= 15 is 0 Å². The Labute approximate surface area is 110 Å². The Balaban J connectivity index is 2.47. The summed E-state index contributed by atoms with van der Waals surface area (Å²) in [6, 6.07) is 6.69. The maximum atomic E-state index is 11.2. The summed E-state index contributed by atoms with van der Waals surface area (Å²) in [6.07, 6.45) is 0.420. The first-order chi connectivity index (χ1) is 8.54. The Morgan fingerprint density at radius 3 is 2.78 bits per heavy atom. The molecule has 0 aliphatic heterocycles. The predicted molar refractivity (Wildman–Crippen MR) is 73.6 cm³/mol. The van der Waals surface area contributed by atoms with Crippen molar-refractivity contribution in [3.05, 3.63) is 34.9 Å². The first-order valence-corrected chi connectivity index (χ1v) is 6.50. The molecule has 0 saturated heterocycles. The van der Waals surface area contributed by atoms with Gasteiger partial charge in [-0.25, -0.2) is 0 Å². The summed E-state index contributed by atoms with van der Waals surface area (Å²) in [7, 11) is 0. The molecular formula is C15H23NO2. The highest BCUT2D eigenvalue weighted by Gasteiger charge is 2.09.